The Kier molecular flexibility index (Phi) is 4.85. The summed E-state index contributed by atoms with van der Waals surface area (Å²) in [5.41, 5.74) is 0.0149. The number of carbonyl (C=O) groups is 1. The van der Waals surface area contributed by atoms with Crippen molar-refractivity contribution in [2.45, 2.75) is 39.7 Å². The molecule has 0 aliphatic rings. The highest BCUT2D eigenvalue weighted by atomic mass is 16.2. The molecule has 4 nitrogen and oxygen atoms in total. The van der Waals surface area contributed by atoms with Crippen LogP contribution >= 0.6 is 0 Å². The maximum absolute atomic E-state index is 12.2. The van der Waals surface area contributed by atoms with Crippen LogP contribution in [0.15, 0.2) is 24.5 Å². The molecule has 1 aromatic rings. The van der Waals surface area contributed by atoms with Crippen molar-refractivity contribution in [3.8, 4) is 6.07 Å². The topological polar surface area (TPSA) is 65.8 Å². The van der Waals surface area contributed by atoms with Crippen LogP contribution in [0.4, 0.5) is 0 Å². The lowest BCUT2D eigenvalue weighted by Crippen LogP contribution is -2.40. The maximum Gasteiger partial charge on any atom is 0.240 e. The second-order valence-electron chi connectivity index (χ2n) is 4.38. The summed E-state index contributed by atoms with van der Waals surface area (Å²) in [5.74, 6) is -0.202. The molecule has 0 spiro atoms. The van der Waals surface area contributed by atoms with Crippen LogP contribution in [0.25, 0.3) is 0 Å². The highest BCUT2D eigenvalue weighted by molar-refractivity contribution is 5.85. The van der Waals surface area contributed by atoms with Crippen LogP contribution in [-0.4, -0.2) is 10.9 Å². The van der Waals surface area contributed by atoms with E-state index in [1.807, 2.05) is 32.9 Å². The lowest BCUT2D eigenvalue weighted by atomic mass is 9.83. The number of hydrogen-bond acceptors (Lipinski definition) is 3. The molecule has 0 fully saturated rings. The van der Waals surface area contributed by atoms with E-state index >= 15 is 0 Å². The molecular formula is C14H19N3O. The number of nitrogens with zero attached hydrogens (tertiary/aromatic N) is 2. The highest BCUT2D eigenvalue weighted by Crippen LogP contribution is 2.26. The molecule has 1 unspecified atom stereocenters. The van der Waals surface area contributed by atoms with Crippen molar-refractivity contribution in [3.05, 3.63) is 30.1 Å². The molecule has 0 saturated carbocycles. The van der Waals surface area contributed by atoms with Gasteiger partial charge in [0.2, 0.25) is 5.91 Å². The fourth-order valence-corrected chi connectivity index (χ4v) is 1.83. The molecule has 0 radical (unpaired) electrons. The summed E-state index contributed by atoms with van der Waals surface area (Å²) >= 11 is 0. The van der Waals surface area contributed by atoms with E-state index in [4.69, 9.17) is 0 Å². The Balaban J connectivity index is 2.79. The summed E-state index contributed by atoms with van der Waals surface area (Å²) in [4.78, 5) is 16.2. The molecule has 0 aliphatic carbocycles. The van der Waals surface area contributed by atoms with Crippen LogP contribution in [0.5, 0.6) is 0 Å². The first-order chi connectivity index (χ1) is 8.59. The standard InChI is InChI=1S/C14H19N3O/c1-4-14(5-2,10-15)13(18)17-11(3)12-7-6-8-16-9-12/h6-9,11H,4-5H2,1-3H3,(H,17,18). The van der Waals surface area contributed by atoms with E-state index in [0.29, 0.717) is 12.8 Å². The lowest BCUT2D eigenvalue weighted by molar-refractivity contribution is -0.129. The number of nitriles is 1. The van der Waals surface area contributed by atoms with E-state index in [-0.39, 0.29) is 11.9 Å². The molecule has 1 amide bonds. The second kappa shape index (κ2) is 6.15. The van der Waals surface area contributed by atoms with Gasteiger partial charge < -0.3 is 5.32 Å². The fraction of sp³-hybridized carbons (Fsp3) is 0.500. The largest absolute Gasteiger partial charge is 0.348 e. The van der Waals surface area contributed by atoms with Gasteiger partial charge in [0.25, 0.3) is 0 Å². The van der Waals surface area contributed by atoms with Crippen LogP contribution in [0.1, 0.15) is 45.2 Å². The monoisotopic (exact) mass is 245 g/mol. The summed E-state index contributed by atoms with van der Waals surface area (Å²) in [6.07, 6.45) is 4.45. The quantitative estimate of drug-likeness (QED) is 0.867. The Labute approximate surface area is 108 Å². The van der Waals surface area contributed by atoms with Gasteiger partial charge >= 0.3 is 0 Å². The minimum atomic E-state index is -0.920. The van der Waals surface area contributed by atoms with E-state index in [0.717, 1.165) is 5.56 Å². The molecule has 96 valence electrons. The van der Waals surface area contributed by atoms with E-state index in [2.05, 4.69) is 16.4 Å². The first kappa shape index (κ1) is 14.2. The van der Waals surface area contributed by atoms with Gasteiger partial charge in [0, 0.05) is 12.4 Å². The Hall–Kier alpha value is -1.89. The Morgan fingerprint density at radius 3 is 2.67 bits per heavy atom. The predicted molar refractivity (Wildman–Crippen MR) is 69.4 cm³/mol. The van der Waals surface area contributed by atoms with Crippen molar-refractivity contribution in [1.82, 2.24) is 10.3 Å². The SMILES string of the molecule is CCC(C#N)(CC)C(=O)NC(C)c1cccnc1. The Bertz CT molecular complexity index is 432. The zero-order valence-corrected chi connectivity index (χ0v) is 11.1. The van der Waals surface area contributed by atoms with Gasteiger partial charge in [-0.15, -0.1) is 0 Å². The number of carbonyl (C=O) groups excluding carboxylic acids is 1. The van der Waals surface area contributed by atoms with Crippen molar-refractivity contribution in [2.24, 2.45) is 5.41 Å². The zero-order valence-electron chi connectivity index (χ0n) is 11.1. The molecule has 0 aliphatic heterocycles. The van der Waals surface area contributed by atoms with Gasteiger partial charge in [-0.1, -0.05) is 19.9 Å². The molecule has 0 bridgehead atoms. The van der Waals surface area contributed by atoms with Crippen LogP contribution in [0.2, 0.25) is 0 Å². The maximum atomic E-state index is 12.2. The minimum Gasteiger partial charge on any atom is -0.348 e. The molecular weight excluding hydrogens is 226 g/mol. The van der Waals surface area contributed by atoms with Crippen molar-refractivity contribution in [2.75, 3.05) is 0 Å². The van der Waals surface area contributed by atoms with E-state index in [9.17, 15) is 10.1 Å². The molecule has 0 saturated heterocycles. The van der Waals surface area contributed by atoms with E-state index in [1.54, 1.807) is 12.4 Å². The third-order valence-corrected chi connectivity index (χ3v) is 3.39. The third kappa shape index (κ3) is 2.86. The molecule has 1 heterocycles. The first-order valence-corrected chi connectivity index (χ1v) is 6.21. The number of hydrogen-bond donors (Lipinski definition) is 1. The summed E-state index contributed by atoms with van der Waals surface area (Å²) in [5, 5.41) is 12.1. The van der Waals surface area contributed by atoms with E-state index in [1.165, 1.54) is 0 Å². The van der Waals surface area contributed by atoms with Crippen LogP contribution in [0.3, 0.4) is 0 Å². The predicted octanol–water partition coefficient (Wildman–Crippen LogP) is 2.59. The zero-order chi connectivity index (χ0) is 13.6. The average Bonchev–Trinajstić information content (AvgIpc) is 2.42. The lowest BCUT2D eigenvalue weighted by Gasteiger charge is -2.24. The van der Waals surface area contributed by atoms with Gasteiger partial charge in [0.05, 0.1) is 12.1 Å². The molecule has 1 rings (SSSR count). The van der Waals surface area contributed by atoms with Gasteiger partial charge in [-0.3, -0.25) is 9.78 Å². The van der Waals surface area contributed by atoms with Crippen molar-refractivity contribution < 1.29 is 4.79 Å². The minimum absolute atomic E-state index is 0.142. The fourth-order valence-electron chi connectivity index (χ4n) is 1.83. The molecule has 1 N–H and O–H groups in total. The van der Waals surface area contributed by atoms with Crippen LogP contribution in [0, 0.1) is 16.7 Å². The first-order valence-electron chi connectivity index (χ1n) is 6.21. The van der Waals surface area contributed by atoms with Gasteiger partial charge in [0.1, 0.15) is 5.41 Å². The van der Waals surface area contributed by atoms with Crippen LogP contribution < -0.4 is 5.32 Å². The average molecular weight is 245 g/mol. The van der Waals surface area contributed by atoms with Crippen LogP contribution in [-0.2, 0) is 4.79 Å². The number of aromatic nitrogens is 1. The highest BCUT2D eigenvalue weighted by Gasteiger charge is 2.35. The Morgan fingerprint density at radius 2 is 2.22 bits per heavy atom. The molecule has 4 heteroatoms. The summed E-state index contributed by atoms with van der Waals surface area (Å²) in [6.45, 7) is 5.62. The molecule has 1 aromatic heterocycles. The van der Waals surface area contributed by atoms with Gasteiger partial charge in [0.15, 0.2) is 0 Å². The molecule has 1 atom stereocenters. The number of amides is 1. The number of rotatable bonds is 5. The van der Waals surface area contributed by atoms with Gasteiger partial charge in [-0.2, -0.15) is 5.26 Å². The normalized spacial score (nSPS) is 12.6. The number of pyridine rings is 1. The van der Waals surface area contributed by atoms with E-state index < -0.39 is 5.41 Å². The van der Waals surface area contributed by atoms with Gasteiger partial charge in [-0.25, -0.2) is 0 Å². The summed E-state index contributed by atoms with van der Waals surface area (Å²) in [6, 6.07) is 5.74. The van der Waals surface area contributed by atoms with Crippen molar-refractivity contribution >= 4 is 5.91 Å². The smallest absolute Gasteiger partial charge is 0.240 e. The summed E-state index contributed by atoms with van der Waals surface area (Å²) < 4.78 is 0. The second-order valence-corrected chi connectivity index (χ2v) is 4.38. The van der Waals surface area contributed by atoms with Gasteiger partial charge in [-0.05, 0) is 31.4 Å². The third-order valence-electron chi connectivity index (χ3n) is 3.39. The molecule has 0 aromatic carbocycles. The van der Waals surface area contributed by atoms with Crippen molar-refractivity contribution in [1.29, 1.82) is 5.26 Å². The number of nitrogens with one attached hydrogen (secondary N) is 1. The van der Waals surface area contributed by atoms with Crippen molar-refractivity contribution in [3.63, 3.8) is 0 Å². The molecule has 18 heavy (non-hydrogen) atoms. The Morgan fingerprint density at radius 1 is 1.56 bits per heavy atom. The summed E-state index contributed by atoms with van der Waals surface area (Å²) in [7, 11) is 0.